The molecule has 0 saturated carbocycles. The highest BCUT2D eigenvalue weighted by Crippen LogP contribution is 2.27. The minimum atomic E-state index is -0.429. The van der Waals surface area contributed by atoms with Crippen molar-refractivity contribution in [2.75, 3.05) is 0 Å². The van der Waals surface area contributed by atoms with Crippen molar-refractivity contribution in [3.05, 3.63) is 69.5 Å². The Labute approximate surface area is 117 Å². The van der Waals surface area contributed by atoms with E-state index in [1.807, 2.05) is 26.0 Å². The number of nitrogens with one attached hydrogen (secondary N) is 1. The van der Waals surface area contributed by atoms with Crippen LogP contribution >= 0.6 is 11.6 Å². The Balaban J connectivity index is 2.46. The molecule has 1 unspecified atom stereocenters. The molecule has 0 heterocycles. The second kappa shape index (κ2) is 5.70. The SMILES string of the molecule is Cc1ccc(C(NN)c2ccc(F)c(Cl)c2)c(C)c1. The fourth-order valence-corrected chi connectivity index (χ4v) is 2.40. The lowest BCUT2D eigenvalue weighted by Gasteiger charge is -2.19. The monoisotopic (exact) mass is 278 g/mol. The lowest BCUT2D eigenvalue weighted by Crippen LogP contribution is -2.29. The Morgan fingerprint density at radius 2 is 1.89 bits per heavy atom. The van der Waals surface area contributed by atoms with E-state index in [0.29, 0.717) is 0 Å². The van der Waals surface area contributed by atoms with Gasteiger partial charge in [-0.25, -0.2) is 9.82 Å². The average molecular weight is 279 g/mol. The van der Waals surface area contributed by atoms with Crippen LogP contribution in [-0.4, -0.2) is 0 Å². The van der Waals surface area contributed by atoms with E-state index in [-0.39, 0.29) is 11.1 Å². The number of benzene rings is 2. The van der Waals surface area contributed by atoms with Crippen LogP contribution < -0.4 is 11.3 Å². The summed E-state index contributed by atoms with van der Waals surface area (Å²) in [5.74, 6) is 5.22. The molecule has 0 aromatic heterocycles. The molecule has 2 aromatic rings. The summed E-state index contributed by atoms with van der Waals surface area (Å²) in [4.78, 5) is 0. The van der Waals surface area contributed by atoms with Crippen LogP contribution in [-0.2, 0) is 0 Å². The minimum Gasteiger partial charge on any atom is -0.271 e. The van der Waals surface area contributed by atoms with Gasteiger partial charge < -0.3 is 0 Å². The first-order chi connectivity index (χ1) is 9.02. The van der Waals surface area contributed by atoms with Crippen LogP contribution in [0.25, 0.3) is 0 Å². The van der Waals surface area contributed by atoms with E-state index in [1.54, 1.807) is 12.1 Å². The van der Waals surface area contributed by atoms with Gasteiger partial charge in [-0.1, -0.05) is 41.4 Å². The van der Waals surface area contributed by atoms with Crippen molar-refractivity contribution in [2.45, 2.75) is 19.9 Å². The smallest absolute Gasteiger partial charge is 0.141 e. The van der Waals surface area contributed by atoms with Crippen molar-refractivity contribution in [2.24, 2.45) is 5.84 Å². The van der Waals surface area contributed by atoms with Crippen LogP contribution in [0.15, 0.2) is 36.4 Å². The van der Waals surface area contributed by atoms with Gasteiger partial charge in [-0.05, 0) is 42.7 Å². The number of rotatable bonds is 3. The highest BCUT2D eigenvalue weighted by atomic mass is 35.5. The molecular weight excluding hydrogens is 263 g/mol. The van der Waals surface area contributed by atoms with Crippen LogP contribution in [0, 0.1) is 19.7 Å². The van der Waals surface area contributed by atoms with E-state index in [4.69, 9.17) is 17.4 Å². The Morgan fingerprint density at radius 1 is 1.16 bits per heavy atom. The van der Waals surface area contributed by atoms with Gasteiger partial charge in [0.25, 0.3) is 0 Å². The van der Waals surface area contributed by atoms with Crippen molar-refractivity contribution >= 4 is 11.6 Å². The Bertz CT molecular complexity index is 599. The molecule has 2 nitrogen and oxygen atoms in total. The van der Waals surface area contributed by atoms with Crippen molar-refractivity contribution in [1.29, 1.82) is 0 Å². The van der Waals surface area contributed by atoms with Gasteiger partial charge in [-0.15, -0.1) is 0 Å². The maximum absolute atomic E-state index is 13.2. The number of hydrogen-bond donors (Lipinski definition) is 2. The third kappa shape index (κ3) is 2.95. The standard InChI is InChI=1S/C15H16ClFN2/c1-9-3-5-12(10(2)7-9)15(19-18)11-4-6-14(17)13(16)8-11/h3-8,15,19H,18H2,1-2H3. The molecule has 0 amide bonds. The zero-order chi connectivity index (χ0) is 14.0. The summed E-state index contributed by atoms with van der Waals surface area (Å²) >= 11 is 5.82. The summed E-state index contributed by atoms with van der Waals surface area (Å²) in [5.41, 5.74) is 6.96. The minimum absolute atomic E-state index is 0.0996. The quantitative estimate of drug-likeness (QED) is 0.664. The molecule has 100 valence electrons. The van der Waals surface area contributed by atoms with Gasteiger partial charge in [0.1, 0.15) is 5.82 Å². The maximum atomic E-state index is 13.2. The summed E-state index contributed by atoms with van der Waals surface area (Å²) in [6, 6.07) is 10.6. The molecule has 0 fully saturated rings. The number of nitrogens with two attached hydrogens (primary N) is 1. The zero-order valence-electron chi connectivity index (χ0n) is 10.9. The largest absolute Gasteiger partial charge is 0.271 e. The van der Waals surface area contributed by atoms with Crippen molar-refractivity contribution in [3.63, 3.8) is 0 Å². The molecule has 3 N–H and O–H groups in total. The first-order valence-corrected chi connectivity index (χ1v) is 6.39. The molecule has 0 aliphatic carbocycles. The number of aryl methyl sites for hydroxylation is 2. The predicted molar refractivity (Wildman–Crippen MR) is 76.5 cm³/mol. The molecule has 0 aliphatic heterocycles. The molecule has 4 heteroatoms. The molecule has 0 bridgehead atoms. The van der Waals surface area contributed by atoms with Gasteiger partial charge in [-0.2, -0.15) is 0 Å². The maximum Gasteiger partial charge on any atom is 0.141 e. The normalized spacial score (nSPS) is 12.5. The van der Waals surface area contributed by atoms with Crippen LogP contribution in [0.3, 0.4) is 0 Å². The lowest BCUT2D eigenvalue weighted by molar-refractivity contribution is 0.614. The topological polar surface area (TPSA) is 38.0 Å². The van der Waals surface area contributed by atoms with Crippen molar-refractivity contribution < 1.29 is 4.39 Å². The van der Waals surface area contributed by atoms with Crippen molar-refractivity contribution in [1.82, 2.24) is 5.43 Å². The molecule has 2 aromatic carbocycles. The van der Waals surface area contributed by atoms with Crippen LogP contribution in [0.4, 0.5) is 4.39 Å². The Morgan fingerprint density at radius 3 is 2.47 bits per heavy atom. The number of hydrazine groups is 1. The summed E-state index contributed by atoms with van der Waals surface area (Å²) < 4.78 is 13.2. The molecular formula is C15H16ClFN2. The van der Waals surface area contributed by atoms with E-state index < -0.39 is 5.82 Å². The second-order valence-corrected chi connectivity index (χ2v) is 5.04. The van der Waals surface area contributed by atoms with Gasteiger partial charge in [0.15, 0.2) is 0 Å². The number of hydrogen-bond acceptors (Lipinski definition) is 2. The van der Waals surface area contributed by atoms with E-state index in [2.05, 4.69) is 11.5 Å². The summed E-state index contributed by atoms with van der Waals surface area (Å²) in [6.07, 6.45) is 0. The molecule has 2 rings (SSSR count). The van der Waals surface area contributed by atoms with Crippen molar-refractivity contribution in [3.8, 4) is 0 Å². The zero-order valence-corrected chi connectivity index (χ0v) is 11.6. The van der Waals surface area contributed by atoms with E-state index in [0.717, 1.165) is 16.7 Å². The lowest BCUT2D eigenvalue weighted by atomic mass is 9.94. The van der Waals surface area contributed by atoms with Gasteiger partial charge >= 0.3 is 0 Å². The molecule has 0 saturated heterocycles. The summed E-state index contributed by atoms with van der Waals surface area (Å²) in [7, 11) is 0. The fraction of sp³-hybridized carbons (Fsp3) is 0.200. The molecule has 0 aliphatic rings. The molecule has 0 radical (unpaired) electrons. The van der Waals surface area contributed by atoms with Crippen LogP contribution in [0.2, 0.25) is 5.02 Å². The molecule has 1 atom stereocenters. The fourth-order valence-electron chi connectivity index (χ4n) is 2.21. The first-order valence-electron chi connectivity index (χ1n) is 6.01. The Hall–Kier alpha value is -1.42. The average Bonchev–Trinajstić information content (AvgIpc) is 2.37. The van der Waals surface area contributed by atoms with E-state index in [1.165, 1.54) is 11.6 Å². The van der Waals surface area contributed by atoms with Gasteiger partial charge in [0, 0.05) is 0 Å². The molecule has 19 heavy (non-hydrogen) atoms. The van der Waals surface area contributed by atoms with Crippen LogP contribution in [0.5, 0.6) is 0 Å². The molecule has 0 spiro atoms. The summed E-state index contributed by atoms with van der Waals surface area (Å²) in [5, 5.41) is 0.0996. The second-order valence-electron chi connectivity index (χ2n) is 4.63. The van der Waals surface area contributed by atoms with Gasteiger partial charge in [-0.3, -0.25) is 5.84 Å². The first kappa shape index (κ1) is 14.0. The highest BCUT2D eigenvalue weighted by Gasteiger charge is 2.16. The third-order valence-electron chi connectivity index (χ3n) is 3.18. The third-order valence-corrected chi connectivity index (χ3v) is 3.47. The highest BCUT2D eigenvalue weighted by molar-refractivity contribution is 6.30. The van der Waals surface area contributed by atoms with Gasteiger partial charge in [0.2, 0.25) is 0 Å². The van der Waals surface area contributed by atoms with E-state index in [9.17, 15) is 4.39 Å². The number of halogens is 2. The van der Waals surface area contributed by atoms with Crippen LogP contribution in [0.1, 0.15) is 28.3 Å². The van der Waals surface area contributed by atoms with E-state index >= 15 is 0 Å². The Kier molecular flexibility index (Phi) is 4.20. The summed E-state index contributed by atoms with van der Waals surface area (Å²) in [6.45, 7) is 4.06. The predicted octanol–water partition coefficient (Wildman–Crippen LogP) is 3.65. The van der Waals surface area contributed by atoms with Gasteiger partial charge in [0.05, 0.1) is 11.1 Å².